The quantitative estimate of drug-likeness (QED) is 0.677. The highest BCUT2D eigenvalue weighted by Gasteiger charge is 2.14. The van der Waals surface area contributed by atoms with Gasteiger partial charge in [-0.3, -0.25) is 20.3 Å². The normalized spacial score (nSPS) is 10.3. The molecule has 1 aromatic heterocycles. The van der Waals surface area contributed by atoms with Gasteiger partial charge in [0.2, 0.25) is 0 Å². The molecular formula is C19H19BrN4O3S. The Morgan fingerprint density at radius 2 is 2.00 bits per heavy atom. The van der Waals surface area contributed by atoms with Gasteiger partial charge in [0.25, 0.3) is 11.5 Å². The van der Waals surface area contributed by atoms with Crippen molar-refractivity contribution in [2.75, 3.05) is 5.43 Å². The number of aryl methyl sites for hydroxylation is 2. The van der Waals surface area contributed by atoms with Gasteiger partial charge in [-0.1, -0.05) is 0 Å². The maximum Gasteiger partial charge on any atom is 0.287 e. The van der Waals surface area contributed by atoms with Gasteiger partial charge in [-0.25, -0.2) is 4.68 Å². The molecule has 1 aromatic carbocycles. The summed E-state index contributed by atoms with van der Waals surface area (Å²) in [5.41, 5.74) is 3.61. The molecule has 1 heterocycles. The minimum absolute atomic E-state index is 0.00196. The fraction of sp³-hybridized carbons (Fsp3) is 0.263. The van der Waals surface area contributed by atoms with Gasteiger partial charge in [0.05, 0.1) is 10.6 Å². The van der Waals surface area contributed by atoms with E-state index in [1.807, 2.05) is 19.9 Å². The highest BCUT2D eigenvalue weighted by molar-refractivity contribution is 9.10. The van der Waals surface area contributed by atoms with Crippen molar-refractivity contribution in [3.8, 4) is 11.8 Å². The first-order valence-electron chi connectivity index (χ1n) is 8.36. The van der Waals surface area contributed by atoms with Crippen LogP contribution in [-0.4, -0.2) is 21.8 Å². The molecule has 0 aliphatic rings. The van der Waals surface area contributed by atoms with Crippen LogP contribution in [0.1, 0.15) is 41.0 Å². The van der Waals surface area contributed by atoms with Crippen LogP contribution in [-0.2, 0) is 0 Å². The minimum Gasteiger partial charge on any atom is -0.490 e. The average molecular weight is 463 g/mol. The number of carbonyl (C=O) groups excluding carboxylic acids is 1. The number of ether oxygens (including phenoxy) is 1. The number of nitrogens with zero attached hydrogens (tertiary/aromatic N) is 2. The highest BCUT2D eigenvalue weighted by Crippen LogP contribution is 2.26. The summed E-state index contributed by atoms with van der Waals surface area (Å²) in [6, 6.07) is 8.47. The van der Waals surface area contributed by atoms with Crippen molar-refractivity contribution in [3.63, 3.8) is 0 Å². The lowest BCUT2D eigenvalue weighted by molar-refractivity contribution is 0.0977. The first kappa shape index (κ1) is 21.6. The molecule has 0 saturated carbocycles. The zero-order valence-corrected chi connectivity index (χ0v) is 18.2. The van der Waals surface area contributed by atoms with Gasteiger partial charge in [0.1, 0.15) is 17.4 Å². The molecule has 0 spiro atoms. The van der Waals surface area contributed by atoms with E-state index in [9.17, 15) is 9.59 Å². The number of thiocarbonyl (C=S) groups is 1. The largest absolute Gasteiger partial charge is 0.490 e. The average Bonchev–Trinajstić information content (AvgIpc) is 2.60. The zero-order chi connectivity index (χ0) is 21.0. The van der Waals surface area contributed by atoms with Crippen LogP contribution < -0.4 is 21.0 Å². The van der Waals surface area contributed by atoms with Crippen LogP contribution in [0.2, 0.25) is 0 Å². The van der Waals surface area contributed by atoms with Gasteiger partial charge < -0.3 is 4.74 Å². The maximum absolute atomic E-state index is 12.4. The molecule has 0 fully saturated rings. The van der Waals surface area contributed by atoms with Crippen molar-refractivity contribution in [1.29, 1.82) is 5.26 Å². The molecule has 0 radical (unpaired) electrons. The fourth-order valence-corrected chi connectivity index (χ4v) is 3.12. The van der Waals surface area contributed by atoms with E-state index in [4.69, 9.17) is 22.2 Å². The molecule has 2 aromatic rings. The first-order chi connectivity index (χ1) is 13.1. The molecule has 9 heteroatoms. The number of nitriles is 1. The van der Waals surface area contributed by atoms with Crippen molar-refractivity contribution in [2.45, 2.75) is 33.8 Å². The van der Waals surface area contributed by atoms with Crippen molar-refractivity contribution in [3.05, 3.63) is 61.5 Å². The number of benzene rings is 1. The number of hydrogen-bond acceptors (Lipinski definition) is 5. The summed E-state index contributed by atoms with van der Waals surface area (Å²) in [6.45, 7) is 7.19. The second kappa shape index (κ2) is 8.99. The maximum atomic E-state index is 12.4. The van der Waals surface area contributed by atoms with Crippen LogP contribution in [0.3, 0.4) is 0 Å². The van der Waals surface area contributed by atoms with E-state index in [-0.39, 0.29) is 16.8 Å². The van der Waals surface area contributed by atoms with Crippen molar-refractivity contribution in [2.24, 2.45) is 0 Å². The van der Waals surface area contributed by atoms with E-state index in [1.165, 1.54) is 0 Å². The van der Waals surface area contributed by atoms with E-state index in [2.05, 4.69) is 26.7 Å². The lowest BCUT2D eigenvalue weighted by atomic mass is 10.1. The summed E-state index contributed by atoms with van der Waals surface area (Å²) in [6.07, 6.45) is 0.00196. The molecule has 0 unspecified atom stereocenters. The SMILES string of the molecule is Cc1cc(C)n(NC(=S)NC(=O)c2ccc(OC(C)C)c(Br)c2)c(=O)c1C#N. The number of hydrogen-bond donors (Lipinski definition) is 2. The van der Waals surface area contributed by atoms with Crippen LogP contribution >= 0.6 is 28.1 Å². The Kier molecular flexibility index (Phi) is 6.94. The summed E-state index contributed by atoms with van der Waals surface area (Å²) in [4.78, 5) is 24.8. The molecule has 0 saturated heterocycles. The molecule has 1 amide bonds. The summed E-state index contributed by atoms with van der Waals surface area (Å²) in [5, 5.41) is 11.6. The van der Waals surface area contributed by atoms with Gasteiger partial charge in [0, 0.05) is 11.3 Å². The van der Waals surface area contributed by atoms with Crippen LogP contribution in [0.5, 0.6) is 5.75 Å². The Morgan fingerprint density at radius 3 is 2.57 bits per heavy atom. The lowest BCUT2D eigenvalue weighted by Crippen LogP contribution is -2.43. The summed E-state index contributed by atoms with van der Waals surface area (Å²) in [5.74, 6) is 0.172. The van der Waals surface area contributed by atoms with Crippen LogP contribution in [0.4, 0.5) is 0 Å². The smallest absolute Gasteiger partial charge is 0.287 e. The standard InChI is InChI=1S/C19H19BrN4O3S/c1-10(2)27-16-6-5-13(8-15(16)20)17(25)22-19(28)23-24-12(4)7-11(3)14(9-21)18(24)26/h5-8,10H,1-4H3,(H2,22,23,25,28). The number of nitrogens with one attached hydrogen (secondary N) is 2. The Balaban J connectivity index is 2.16. The zero-order valence-electron chi connectivity index (χ0n) is 15.8. The first-order valence-corrected chi connectivity index (χ1v) is 9.56. The number of amides is 1. The topological polar surface area (TPSA) is 96.2 Å². The third-order valence-corrected chi connectivity index (χ3v) is 4.51. The molecular weight excluding hydrogens is 444 g/mol. The molecule has 0 aliphatic carbocycles. The lowest BCUT2D eigenvalue weighted by Gasteiger charge is -2.16. The number of carbonyl (C=O) groups is 1. The van der Waals surface area contributed by atoms with Crippen LogP contribution in [0.15, 0.2) is 33.5 Å². The molecule has 28 heavy (non-hydrogen) atoms. The Labute approximate surface area is 176 Å². The highest BCUT2D eigenvalue weighted by atomic mass is 79.9. The minimum atomic E-state index is -0.533. The fourth-order valence-electron chi connectivity index (χ4n) is 2.46. The predicted octanol–water partition coefficient (Wildman–Crippen LogP) is 3.14. The number of pyridine rings is 1. The van der Waals surface area contributed by atoms with Crippen LogP contribution in [0, 0.1) is 25.2 Å². The number of halogens is 1. The van der Waals surface area contributed by atoms with Gasteiger partial charge in [-0.05, 0) is 85.7 Å². The van der Waals surface area contributed by atoms with Gasteiger partial charge in [0.15, 0.2) is 5.11 Å². The molecule has 146 valence electrons. The third-order valence-electron chi connectivity index (χ3n) is 3.70. The predicted molar refractivity (Wildman–Crippen MR) is 114 cm³/mol. The van der Waals surface area contributed by atoms with E-state index in [1.54, 1.807) is 38.1 Å². The van der Waals surface area contributed by atoms with Crippen molar-refractivity contribution >= 4 is 39.2 Å². The van der Waals surface area contributed by atoms with E-state index in [0.717, 1.165) is 4.68 Å². The monoisotopic (exact) mass is 462 g/mol. The number of aromatic nitrogens is 1. The van der Waals surface area contributed by atoms with Crippen molar-refractivity contribution in [1.82, 2.24) is 9.99 Å². The molecule has 0 aliphatic heterocycles. The third kappa shape index (κ3) is 4.97. The second-order valence-corrected chi connectivity index (χ2v) is 7.57. The van der Waals surface area contributed by atoms with Gasteiger partial charge in [-0.2, -0.15) is 5.26 Å². The van der Waals surface area contributed by atoms with Gasteiger partial charge >= 0.3 is 0 Å². The Bertz CT molecular complexity index is 1040. The van der Waals surface area contributed by atoms with Crippen molar-refractivity contribution < 1.29 is 9.53 Å². The summed E-state index contributed by atoms with van der Waals surface area (Å²) < 4.78 is 7.38. The Morgan fingerprint density at radius 1 is 1.32 bits per heavy atom. The van der Waals surface area contributed by atoms with E-state index >= 15 is 0 Å². The molecule has 0 atom stereocenters. The second-order valence-electron chi connectivity index (χ2n) is 6.30. The summed E-state index contributed by atoms with van der Waals surface area (Å²) >= 11 is 8.51. The molecule has 7 nitrogen and oxygen atoms in total. The van der Waals surface area contributed by atoms with E-state index < -0.39 is 11.5 Å². The van der Waals surface area contributed by atoms with Gasteiger partial charge in [-0.15, -0.1) is 0 Å². The summed E-state index contributed by atoms with van der Waals surface area (Å²) in [7, 11) is 0. The van der Waals surface area contributed by atoms with Crippen LogP contribution in [0.25, 0.3) is 0 Å². The molecule has 0 bridgehead atoms. The van der Waals surface area contributed by atoms with E-state index in [0.29, 0.717) is 27.0 Å². The molecule has 2 N–H and O–H groups in total. The molecule has 2 rings (SSSR count). The number of rotatable bonds is 4. The Hall–Kier alpha value is -2.70.